The third-order valence-electron chi connectivity index (χ3n) is 2.12. The van der Waals surface area contributed by atoms with Crippen molar-refractivity contribution < 1.29 is 4.12 Å². The van der Waals surface area contributed by atoms with Gasteiger partial charge in [-0.2, -0.15) is 0 Å². The van der Waals surface area contributed by atoms with Gasteiger partial charge in [-0.15, -0.1) is 0 Å². The van der Waals surface area contributed by atoms with Crippen molar-refractivity contribution in [1.29, 1.82) is 0 Å². The van der Waals surface area contributed by atoms with Gasteiger partial charge in [0.25, 0.3) is 0 Å². The quantitative estimate of drug-likeness (QED) is 0.646. The Morgan fingerprint density at radius 1 is 1.30 bits per heavy atom. The van der Waals surface area contributed by atoms with Gasteiger partial charge in [0.1, 0.15) is 0 Å². The normalized spacial score (nSPS) is 13.8. The summed E-state index contributed by atoms with van der Waals surface area (Å²) in [5.74, 6) is 0. The van der Waals surface area contributed by atoms with Crippen LogP contribution in [0.3, 0.4) is 0 Å². The molecule has 0 atom stereocenters. The van der Waals surface area contributed by atoms with Gasteiger partial charge in [-0.1, -0.05) is 20.8 Å². The molecular formula is C6H17NOSi2. The number of hydrogen-bond donors (Lipinski definition) is 1. The van der Waals surface area contributed by atoms with Gasteiger partial charge in [0, 0.05) is 0 Å². The largest absolute Gasteiger partial charge is 0.444 e. The van der Waals surface area contributed by atoms with Gasteiger partial charge in [-0.3, -0.25) is 0 Å². The van der Waals surface area contributed by atoms with Crippen molar-refractivity contribution in [1.82, 2.24) is 0 Å². The fourth-order valence-electron chi connectivity index (χ4n) is 0.300. The fraction of sp³-hybridized carbons (Fsp3) is 1.00. The van der Waals surface area contributed by atoms with Gasteiger partial charge in [0.15, 0.2) is 8.32 Å². The molecule has 0 fully saturated rings. The van der Waals surface area contributed by atoms with Crippen LogP contribution in [0.1, 0.15) is 20.8 Å². The highest BCUT2D eigenvalue weighted by Gasteiger charge is 2.36. The lowest BCUT2D eigenvalue weighted by atomic mass is 10.2. The highest BCUT2D eigenvalue weighted by Crippen LogP contribution is 2.35. The molecular weight excluding hydrogens is 158 g/mol. The number of rotatable bonds is 2. The smallest absolute Gasteiger partial charge is 0.322 e. The molecule has 0 bridgehead atoms. The van der Waals surface area contributed by atoms with Crippen molar-refractivity contribution in [3.05, 3.63) is 0 Å². The first-order valence-corrected chi connectivity index (χ1v) is 7.34. The minimum atomic E-state index is -1.52. The second kappa shape index (κ2) is 3.17. The Morgan fingerprint density at radius 2 is 1.70 bits per heavy atom. The van der Waals surface area contributed by atoms with Gasteiger partial charge >= 0.3 is 9.92 Å². The minimum absolute atomic E-state index is 0.144. The molecule has 0 aromatic heterocycles. The molecule has 60 valence electrons. The second-order valence-electron chi connectivity index (χ2n) is 3.98. The summed E-state index contributed by atoms with van der Waals surface area (Å²) in [6, 6.07) is 0. The summed E-state index contributed by atoms with van der Waals surface area (Å²) in [7, 11) is -1.37. The Bertz CT molecular complexity index is 109. The summed E-state index contributed by atoms with van der Waals surface area (Å²) in [6.45, 7) is 11.0. The van der Waals surface area contributed by atoms with E-state index in [0.717, 1.165) is 0 Å². The van der Waals surface area contributed by atoms with E-state index in [4.69, 9.17) is 9.51 Å². The molecule has 0 rings (SSSR count). The minimum Gasteiger partial charge on any atom is -0.444 e. The molecule has 0 amide bonds. The van der Waals surface area contributed by atoms with Crippen LogP contribution in [0.25, 0.3) is 0 Å². The van der Waals surface area contributed by atoms with Crippen LogP contribution in [-0.2, 0) is 4.12 Å². The van der Waals surface area contributed by atoms with Gasteiger partial charge in [-0.25, -0.2) is 0 Å². The van der Waals surface area contributed by atoms with Crippen LogP contribution in [0.4, 0.5) is 0 Å². The summed E-state index contributed by atoms with van der Waals surface area (Å²) in [4.78, 5) is 0. The van der Waals surface area contributed by atoms with Crippen LogP contribution in [0, 0.1) is 0 Å². The van der Waals surface area contributed by atoms with Crippen LogP contribution in [0.15, 0.2) is 0 Å². The molecule has 2 nitrogen and oxygen atoms in total. The van der Waals surface area contributed by atoms with E-state index >= 15 is 0 Å². The molecule has 2 N–H and O–H groups in total. The lowest BCUT2D eigenvalue weighted by molar-refractivity contribution is 0.517. The molecule has 0 heterocycles. The van der Waals surface area contributed by atoms with Crippen LogP contribution < -0.4 is 5.40 Å². The predicted molar refractivity (Wildman–Crippen MR) is 48.2 cm³/mol. The molecule has 2 radical (unpaired) electrons. The lowest BCUT2D eigenvalue weighted by Crippen LogP contribution is -2.43. The van der Waals surface area contributed by atoms with Crippen LogP contribution in [0.5, 0.6) is 0 Å². The van der Waals surface area contributed by atoms with Crippen molar-refractivity contribution in [3.8, 4) is 0 Å². The Morgan fingerprint density at radius 3 is 1.80 bits per heavy atom. The Hall–Kier alpha value is 0.354. The SMILES string of the molecule is CC(C)(C)[Si](C)(C)O[Si]N. The maximum atomic E-state index is 5.54. The summed E-state index contributed by atoms with van der Waals surface area (Å²) >= 11 is 0. The molecule has 4 heteroatoms. The van der Waals surface area contributed by atoms with Crippen molar-refractivity contribution in [2.45, 2.75) is 38.9 Å². The summed E-state index contributed by atoms with van der Waals surface area (Å²) < 4.78 is 5.54. The average molecular weight is 175 g/mol. The first-order valence-electron chi connectivity index (χ1n) is 3.45. The zero-order chi connectivity index (χ0) is 8.41. The van der Waals surface area contributed by atoms with Gasteiger partial charge in [0.05, 0.1) is 0 Å². The highest BCUT2D eigenvalue weighted by molar-refractivity contribution is 6.77. The van der Waals surface area contributed by atoms with E-state index in [-0.39, 0.29) is 9.92 Å². The van der Waals surface area contributed by atoms with Crippen LogP contribution in [0.2, 0.25) is 18.1 Å². The lowest BCUT2D eigenvalue weighted by Gasteiger charge is -2.35. The van der Waals surface area contributed by atoms with Crippen molar-refractivity contribution in [2.75, 3.05) is 0 Å². The maximum Gasteiger partial charge on any atom is 0.322 e. The second-order valence-corrected chi connectivity index (χ2v) is 9.55. The Balaban J connectivity index is 4.10. The van der Waals surface area contributed by atoms with E-state index in [9.17, 15) is 0 Å². The van der Waals surface area contributed by atoms with Crippen LogP contribution in [-0.4, -0.2) is 18.2 Å². The van der Waals surface area contributed by atoms with Crippen molar-refractivity contribution >= 4 is 18.2 Å². The molecule has 0 aromatic rings. The first kappa shape index (κ1) is 10.4. The summed E-state index contributed by atoms with van der Waals surface area (Å²) in [5, 5.41) is 5.64. The van der Waals surface area contributed by atoms with E-state index in [2.05, 4.69) is 33.9 Å². The molecule has 0 aliphatic heterocycles. The van der Waals surface area contributed by atoms with Crippen LogP contribution >= 0.6 is 0 Å². The fourth-order valence-corrected chi connectivity index (χ4v) is 2.70. The molecule has 0 aliphatic carbocycles. The zero-order valence-electron chi connectivity index (χ0n) is 7.49. The van der Waals surface area contributed by atoms with Gasteiger partial charge in [0.2, 0.25) is 0 Å². The summed E-state index contributed by atoms with van der Waals surface area (Å²) in [5.41, 5.74) is 0. The van der Waals surface area contributed by atoms with Crippen molar-refractivity contribution in [2.24, 2.45) is 5.40 Å². The zero-order valence-corrected chi connectivity index (χ0v) is 9.49. The topological polar surface area (TPSA) is 35.2 Å². The molecule has 0 aliphatic rings. The third-order valence-corrected chi connectivity index (χ3v) is 8.25. The van der Waals surface area contributed by atoms with E-state index in [0.29, 0.717) is 5.04 Å². The molecule has 0 saturated carbocycles. The number of nitrogens with two attached hydrogens (primary N) is 1. The number of hydrogen-bond acceptors (Lipinski definition) is 2. The predicted octanol–water partition coefficient (Wildman–Crippen LogP) is 1.50. The third kappa shape index (κ3) is 2.53. The molecule has 0 spiro atoms. The first-order chi connectivity index (χ1) is 4.31. The van der Waals surface area contributed by atoms with Gasteiger partial charge in [-0.05, 0) is 18.1 Å². The Kier molecular flexibility index (Phi) is 3.28. The molecule has 10 heavy (non-hydrogen) atoms. The molecule has 0 saturated heterocycles. The van der Waals surface area contributed by atoms with Gasteiger partial charge < -0.3 is 9.51 Å². The van der Waals surface area contributed by atoms with E-state index in [1.54, 1.807) is 0 Å². The standard InChI is InChI=1S/C6H17NOSi2/c1-6(2,3)10(4,5)8-9-7/h7H2,1-5H3. The summed E-state index contributed by atoms with van der Waals surface area (Å²) in [6.07, 6.45) is 0. The maximum absolute atomic E-state index is 5.54. The Labute approximate surface area is 67.3 Å². The van der Waals surface area contributed by atoms with E-state index < -0.39 is 8.32 Å². The highest BCUT2D eigenvalue weighted by atomic mass is 28.4. The van der Waals surface area contributed by atoms with E-state index in [1.807, 2.05) is 0 Å². The van der Waals surface area contributed by atoms with E-state index in [1.165, 1.54) is 0 Å². The average Bonchev–Trinajstić information content (AvgIpc) is 1.61. The van der Waals surface area contributed by atoms with Crippen molar-refractivity contribution in [3.63, 3.8) is 0 Å². The monoisotopic (exact) mass is 175 g/mol. The molecule has 0 aromatic carbocycles. The molecule has 0 unspecified atom stereocenters.